The van der Waals surface area contributed by atoms with Crippen LogP contribution in [0.25, 0.3) is 0 Å². The fraction of sp³-hybridized carbons (Fsp3) is 0.625. The molecule has 0 aliphatic rings. The Hall–Kier alpha value is -0.590. The molecule has 0 radical (unpaired) electrons. The van der Waals surface area contributed by atoms with Crippen LogP contribution < -0.4 is 0 Å². The lowest BCUT2D eigenvalue weighted by Gasteiger charge is -1.96. The molecule has 0 aliphatic carbocycles. The second-order valence-corrected chi connectivity index (χ2v) is 2.22. The predicted molar refractivity (Wildman–Crippen MR) is 39.3 cm³/mol. The maximum absolute atomic E-state index is 9.94. The van der Waals surface area contributed by atoms with Crippen LogP contribution in [0.2, 0.25) is 0 Å². The van der Waals surface area contributed by atoms with E-state index < -0.39 is 0 Å². The van der Waals surface area contributed by atoms with Crippen molar-refractivity contribution in [3.05, 3.63) is 12.2 Å². The van der Waals surface area contributed by atoms with Crippen molar-refractivity contribution in [1.29, 1.82) is 0 Å². The monoisotopic (exact) mass is 126 g/mol. The molecule has 1 nitrogen and oxygen atoms in total. The molecule has 9 heavy (non-hydrogen) atoms. The number of hydrogen-bond acceptors (Lipinski definition) is 1. The third-order valence-corrected chi connectivity index (χ3v) is 1.17. The lowest BCUT2D eigenvalue weighted by molar-refractivity contribution is -0.108. The van der Waals surface area contributed by atoms with Crippen LogP contribution in [0, 0.1) is 5.92 Å². The van der Waals surface area contributed by atoms with Gasteiger partial charge in [-0.05, 0) is 12.3 Å². The van der Waals surface area contributed by atoms with Crippen LogP contribution in [0.1, 0.15) is 26.7 Å². The number of allylic oxidation sites excluding steroid dienone is 2. The molecule has 0 aliphatic heterocycles. The van der Waals surface area contributed by atoms with E-state index in [2.05, 4.69) is 19.1 Å². The largest absolute Gasteiger partial charge is 0.303 e. The molecule has 0 saturated heterocycles. The van der Waals surface area contributed by atoms with Gasteiger partial charge >= 0.3 is 0 Å². The average Bonchev–Trinajstić information content (AvgIpc) is 1.85. The van der Waals surface area contributed by atoms with Gasteiger partial charge in [0, 0.05) is 6.42 Å². The Labute approximate surface area is 56.8 Å². The highest BCUT2D eigenvalue weighted by atomic mass is 16.1. The molecular formula is C8H14O. The minimum atomic E-state index is 0.419. The molecule has 0 bridgehead atoms. The summed E-state index contributed by atoms with van der Waals surface area (Å²) in [4.78, 5) is 9.94. The van der Waals surface area contributed by atoms with Crippen molar-refractivity contribution in [1.82, 2.24) is 0 Å². The van der Waals surface area contributed by atoms with Gasteiger partial charge in [0.15, 0.2) is 0 Å². The molecule has 0 aromatic rings. The average molecular weight is 126 g/mol. The standard InChI is InChI=1S/C8H14O/c1-3-4-5-8(2)6-7-9/h4-5,7-8H,3,6H2,1-2H3. The lowest BCUT2D eigenvalue weighted by Crippen LogP contribution is -1.88. The second kappa shape index (κ2) is 5.54. The molecule has 0 N–H and O–H groups in total. The molecule has 1 atom stereocenters. The predicted octanol–water partition coefficient (Wildman–Crippen LogP) is 2.18. The summed E-state index contributed by atoms with van der Waals surface area (Å²) in [7, 11) is 0. The summed E-state index contributed by atoms with van der Waals surface area (Å²) in [5.41, 5.74) is 0. The van der Waals surface area contributed by atoms with Crippen molar-refractivity contribution in [2.75, 3.05) is 0 Å². The number of hydrogen-bond donors (Lipinski definition) is 0. The fourth-order valence-corrected chi connectivity index (χ4v) is 0.599. The first-order chi connectivity index (χ1) is 4.31. The first-order valence-electron chi connectivity index (χ1n) is 3.41. The molecular weight excluding hydrogens is 112 g/mol. The Morgan fingerprint density at radius 2 is 2.22 bits per heavy atom. The van der Waals surface area contributed by atoms with Crippen LogP contribution >= 0.6 is 0 Å². The van der Waals surface area contributed by atoms with E-state index in [1.165, 1.54) is 0 Å². The molecule has 52 valence electrons. The maximum Gasteiger partial charge on any atom is 0.120 e. The highest BCUT2D eigenvalue weighted by molar-refractivity contribution is 5.50. The Bertz CT molecular complexity index is 94.7. The van der Waals surface area contributed by atoms with E-state index in [0.29, 0.717) is 12.3 Å². The molecule has 0 aromatic carbocycles. The minimum Gasteiger partial charge on any atom is -0.303 e. The number of carbonyl (C=O) groups excluding carboxylic acids is 1. The van der Waals surface area contributed by atoms with Crippen LogP contribution in [-0.4, -0.2) is 6.29 Å². The van der Waals surface area contributed by atoms with Crippen molar-refractivity contribution in [3.8, 4) is 0 Å². The van der Waals surface area contributed by atoms with Gasteiger partial charge in [-0.1, -0.05) is 26.0 Å². The van der Waals surface area contributed by atoms with Gasteiger partial charge in [0.25, 0.3) is 0 Å². The minimum absolute atomic E-state index is 0.419. The summed E-state index contributed by atoms with van der Waals surface area (Å²) in [6, 6.07) is 0. The van der Waals surface area contributed by atoms with Crippen LogP contribution in [0.5, 0.6) is 0 Å². The molecule has 0 saturated carbocycles. The van der Waals surface area contributed by atoms with E-state index in [4.69, 9.17) is 0 Å². The van der Waals surface area contributed by atoms with Crippen LogP contribution in [0.4, 0.5) is 0 Å². The van der Waals surface area contributed by atoms with Gasteiger partial charge in [-0.2, -0.15) is 0 Å². The van der Waals surface area contributed by atoms with Gasteiger partial charge in [-0.25, -0.2) is 0 Å². The molecule has 0 spiro atoms. The van der Waals surface area contributed by atoms with E-state index in [9.17, 15) is 4.79 Å². The summed E-state index contributed by atoms with van der Waals surface area (Å²) < 4.78 is 0. The van der Waals surface area contributed by atoms with Gasteiger partial charge < -0.3 is 4.79 Å². The number of rotatable bonds is 4. The Kier molecular flexibility index (Phi) is 5.18. The summed E-state index contributed by atoms with van der Waals surface area (Å²) in [6.07, 6.45) is 6.84. The zero-order valence-electron chi connectivity index (χ0n) is 6.13. The topological polar surface area (TPSA) is 17.1 Å². The lowest BCUT2D eigenvalue weighted by atomic mass is 10.1. The van der Waals surface area contributed by atoms with Gasteiger partial charge in [0.2, 0.25) is 0 Å². The van der Waals surface area contributed by atoms with Gasteiger partial charge in [-0.3, -0.25) is 0 Å². The Morgan fingerprint density at radius 1 is 1.56 bits per heavy atom. The van der Waals surface area contributed by atoms with Gasteiger partial charge in [0.05, 0.1) is 0 Å². The summed E-state index contributed by atoms with van der Waals surface area (Å²) in [6.45, 7) is 4.13. The quantitative estimate of drug-likeness (QED) is 0.417. The molecule has 1 heteroatoms. The molecule has 0 amide bonds. The second-order valence-electron chi connectivity index (χ2n) is 2.22. The van der Waals surface area contributed by atoms with Crippen molar-refractivity contribution in [2.24, 2.45) is 5.92 Å². The zero-order chi connectivity index (χ0) is 7.11. The zero-order valence-corrected chi connectivity index (χ0v) is 6.13. The normalized spacial score (nSPS) is 14.0. The van der Waals surface area contributed by atoms with E-state index in [1.54, 1.807) is 0 Å². The first kappa shape index (κ1) is 8.41. The van der Waals surface area contributed by atoms with E-state index in [0.717, 1.165) is 12.7 Å². The third-order valence-electron chi connectivity index (χ3n) is 1.17. The van der Waals surface area contributed by atoms with Crippen LogP contribution in [-0.2, 0) is 4.79 Å². The van der Waals surface area contributed by atoms with Crippen LogP contribution in [0.15, 0.2) is 12.2 Å². The number of carbonyl (C=O) groups is 1. The van der Waals surface area contributed by atoms with E-state index >= 15 is 0 Å². The van der Waals surface area contributed by atoms with Crippen LogP contribution in [0.3, 0.4) is 0 Å². The molecule has 0 fully saturated rings. The van der Waals surface area contributed by atoms with E-state index in [1.807, 2.05) is 6.92 Å². The van der Waals surface area contributed by atoms with Crippen molar-refractivity contribution < 1.29 is 4.79 Å². The first-order valence-corrected chi connectivity index (χ1v) is 3.41. The fourth-order valence-electron chi connectivity index (χ4n) is 0.599. The smallest absolute Gasteiger partial charge is 0.120 e. The Morgan fingerprint density at radius 3 is 2.67 bits per heavy atom. The molecule has 0 rings (SSSR count). The highest BCUT2D eigenvalue weighted by Gasteiger charge is 1.91. The van der Waals surface area contributed by atoms with Gasteiger partial charge in [-0.15, -0.1) is 0 Å². The summed E-state index contributed by atoms with van der Waals surface area (Å²) >= 11 is 0. The summed E-state index contributed by atoms with van der Waals surface area (Å²) in [5.74, 6) is 0.419. The third kappa shape index (κ3) is 5.28. The summed E-state index contributed by atoms with van der Waals surface area (Å²) in [5, 5.41) is 0. The van der Waals surface area contributed by atoms with Crippen molar-refractivity contribution >= 4 is 6.29 Å². The Balaban J connectivity index is 3.35. The maximum atomic E-state index is 9.94. The highest BCUT2D eigenvalue weighted by Crippen LogP contribution is 2.00. The molecule has 0 heterocycles. The molecule has 1 unspecified atom stereocenters. The van der Waals surface area contributed by atoms with Gasteiger partial charge in [0.1, 0.15) is 6.29 Å². The van der Waals surface area contributed by atoms with E-state index in [-0.39, 0.29) is 0 Å². The van der Waals surface area contributed by atoms with Crippen molar-refractivity contribution in [2.45, 2.75) is 26.7 Å². The number of aldehydes is 1. The van der Waals surface area contributed by atoms with Crippen molar-refractivity contribution in [3.63, 3.8) is 0 Å². The molecule has 0 aromatic heterocycles. The SMILES string of the molecule is CCC=CC(C)CC=O.